The third-order valence-electron chi connectivity index (χ3n) is 4.69. The van der Waals surface area contributed by atoms with Crippen LogP contribution in [0.15, 0.2) is 49.1 Å². The highest BCUT2D eigenvalue weighted by Crippen LogP contribution is 2.17. The number of ketones is 1. The monoisotopic (exact) mass is 405 g/mol. The Balaban J connectivity index is 1.81. The van der Waals surface area contributed by atoms with Crippen LogP contribution in [0.3, 0.4) is 0 Å². The van der Waals surface area contributed by atoms with Crippen LogP contribution in [0, 0.1) is 20.8 Å². The molecule has 0 saturated heterocycles. The van der Waals surface area contributed by atoms with E-state index in [-0.39, 0.29) is 18.1 Å². The Kier molecular flexibility index (Phi) is 6.36. The van der Waals surface area contributed by atoms with Gasteiger partial charge >= 0.3 is 5.97 Å². The average molecular weight is 405 g/mol. The van der Waals surface area contributed by atoms with Gasteiger partial charge in [0.25, 0.3) is 0 Å². The van der Waals surface area contributed by atoms with Crippen LogP contribution in [0.5, 0.6) is 0 Å². The first-order valence-electron chi connectivity index (χ1n) is 9.42. The second kappa shape index (κ2) is 9.13. The van der Waals surface area contributed by atoms with E-state index in [4.69, 9.17) is 4.74 Å². The number of hydrogen-bond donors (Lipinski definition) is 0. The van der Waals surface area contributed by atoms with Crippen molar-refractivity contribution >= 4 is 23.5 Å². The minimum atomic E-state index is -0.692. The summed E-state index contributed by atoms with van der Waals surface area (Å²) in [5, 5.41) is 11.3. The van der Waals surface area contributed by atoms with Crippen molar-refractivity contribution in [3.05, 3.63) is 77.4 Å². The number of aryl methyl sites for hydroxylation is 2. The highest BCUT2D eigenvalue weighted by molar-refractivity contribution is 6.16. The van der Waals surface area contributed by atoms with Crippen molar-refractivity contribution in [3.8, 4) is 0 Å². The highest BCUT2D eigenvalue weighted by atomic mass is 16.5. The molecule has 0 amide bonds. The molecule has 0 aliphatic carbocycles. The van der Waals surface area contributed by atoms with E-state index in [0.717, 1.165) is 17.0 Å². The van der Waals surface area contributed by atoms with Gasteiger partial charge in [-0.2, -0.15) is 4.68 Å². The third-order valence-corrected chi connectivity index (χ3v) is 4.69. The van der Waals surface area contributed by atoms with E-state index in [0.29, 0.717) is 17.9 Å². The minimum Gasteiger partial charge on any atom is -0.453 e. The zero-order chi connectivity index (χ0) is 21.7. The van der Waals surface area contributed by atoms with E-state index in [1.54, 1.807) is 25.1 Å². The smallest absolute Gasteiger partial charge is 0.357 e. The Morgan fingerprint density at radius 1 is 1.17 bits per heavy atom. The van der Waals surface area contributed by atoms with Gasteiger partial charge in [-0.1, -0.05) is 36.4 Å². The molecule has 8 heteroatoms. The molecule has 0 aliphatic heterocycles. The Morgan fingerprint density at radius 3 is 2.53 bits per heavy atom. The number of esters is 1. The number of carbonyl (C=O) groups excluding carboxylic acids is 2. The van der Waals surface area contributed by atoms with Gasteiger partial charge in [0, 0.05) is 23.5 Å². The number of Topliss-reactive ketones (excluding diaryl/α,β-unsaturated/α-hetero) is 1. The normalized spacial score (nSPS) is 11.4. The van der Waals surface area contributed by atoms with Gasteiger partial charge in [0.05, 0.1) is 0 Å². The second-order valence-corrected chi connectivity index (χ2v) is 6.76. The Morgan fingerprint density at radius 2 is 1.90 bits per heavy atom. The number of nitrogens with zero attached hydrogens (tertiary/aromatic N) is 5. The fraction of sp³-hybridized carbons (Fsp3) is 0.227. The van der Waals surface area contributed by atoms with E-state index >= 15 is 0 Å². The maximum absolute atomic E-state index is 12.8. The van der Waals surface area contributed by atoms with Crippen molar-refractivity contribution in [2.24, 2.45) is 0 Å². The first kappa shape index (κ1) is 20.9. The SMILES string of the molecule is C=CCn1c(C)cc(C(=O)COC(=O)C(=Cc2ccccc2)n2nnnc2C)c1C. The predicted molar refractivity (Wildman–Crippen MR) is 113 cm³/mol. The third kappa shape index (κ3) is 4.43. The summed E-state index contributed by atoms with van der Waals surface area (Å²) in [7, 11) is 0. The zero-order valence-corrected chi connectivity index (χ0v) is 17.2. The first-order valence-corrected chi connectivity index (χ1v) is 9.42. The summed E-state index contributed by atoms with van der Waals surface area (Å²) in [6.07, 6.45) is 3.38. The van der Waals surface area contributed by atoms with Crippen LogP contribution in [0.4, 0.5) is 0 Å². The van der Waals surface area contributed by atoms with Gasteiger partial charge in [0.2, 0.25) is 5.78 Å². The molecule has 2 heterocycles. The lowest BCUT2D eigenvalue weighted by molar-refractivity contribution is -0.136. The van der Waals surface area contributed by atoms with E-state index in [1.165, 1.54) is 4.68 Å². The Bertz CT molecular complexity index is 1110. The van der Waals surface area contributed by atoms with E-state index in [1.807, 2.05) is 48.7 Å². The van der Waals surface area contributed by atoms with Crippen LogP contribution in [0.1, 0.15) is 33.1 Å². The lowest BCUT2D eigenvalue weighted by Gasteiger charge is -2.09. The highest BCUT2D eigenvalue weighted by Gasteiger charge is 2.21. The molecule has 1 aromatic carbocycles. The second-order valence-electron chi connectivity index (χ2n) is 6.76. The molecule has 0 N–H and O–H groups in total. The molecule has 8 nitrogen and oxygen atoms in total. The standard InChI is InChI=1S/C22H23N5O3/c1-5-11-26-15(2)12-19(16(26)3)21(28)14-30-22(29)20(27-17(4)23-24-25-27)13-18-9-7-6-8-10-18/h5-10,12-13H,1,11,14H2,2-4H3. The zero-order valence-electron chi connectivity index (χ0n) is 17.2. The van der Waals surface area contributed by atoms with Crippen molar-refractivity contribution in [1.82, 2.24) is 24.8 Å². The van der Waals surface area contributed by atoms with Crippen LogP contribution in [0.25, 0.3) is 11.8 Å². The van der Waals surface area contributed by atoms with Crippen molar-refractivity contribution in [2.45, 2.75) is 27.3 Å². The van der Waals surface area contributed by atoms with Crippen molar-refractivity contribution in [3.63, 3.8) is 0 Å². The molecule has 0 unspecified atom stereocenters. The first-order chi connectivity index (χ1) is 14.4. The number of rotatable bonds is 8. The van der Waals surface area contributed by atoms with Crippen molar-refractivity contribution in [2.75, 3.05) is 6.61 Å². The van der Waals surface area contributed by atoms with Crippen molar-refractivity contribution in [1.29, 1.82) is 0 Å². The van der Waals surface area contributed by atoms with E-state index < -0.39 is 5.97 Å². The minimum absolute atomic E-state index is 0.119. The van der Waals surface area contributed by atoms with Crippen LogP contribution in [-0.4, -0.2) is 43.1 Å². The fourth-order valence-corrected chi connectivity index (χ4v) is 3.14. The molecule has 0 fully saturated rings. The maximum Gasteiger partial charge on any atom is 0.357 e. The summed E-state index contributed by atoms with van der Waals surface area (Å²) in [5.74, 6) is -0.546. The maximum atomic E-state index is 12.8. The molecular formula is C22H23N5O3. The van der Waals surface area contributed by atoms with Gasteiger partial charge in [-0.05, 0) is 48.9 Å². The molecule has 0 bridgehead atoms. The van der Waals surface area contributed by atoms with Crippen LogP contribution < -0.4 is 0 Å². The van der Waals surface area contributed by atoms with Gasteiger partial charge in [-0.3, -0.25) is 4.79 Å². The number of benzene rings is 1. The number of ether oxygens (including phenoxy) is 1. The van der Waals surface area contributed by atoms with E-state index in [9.17, 15) is 9.59 Å². The van der Waals surface area contributed by atoms with Gasteiger partial charge in [-0.25, -0.2) is 4.79 Å². The number of carbonyl (C=O) groups is 2. The number of allylic oxidation sites excluding steroid dienone is 1. The molecular weight excluding hydrogens is 382 g/mol. The van der Waals surface area contributed by atoms with Gasteiger partial charge in [-0.15, -0.1) is 11.7 Å². The lowest BCUT2D eigenvalue weighted by atomic mass is 10.1. The average Bonchev–Trinajstić information content (AvgIpc) is 3.29. The molecule has 0 saturated carbocycles. The molecule has 0 spiro atoms. The molecule has 2 aromatic heterocycles. The Hall–Kier alpha value is -3.81. The summed E-state index contributed by atoms with van der Waals surface area (Å²) >= 11 is 0. The Labute approximate surface area is 174 Å². The molecule has 3 aromatic rings. The molecule has 0 radical (unpaired) electrons. The fourth-order valence-electron chi connectivity index (χ4n) is 3.14. The molecule has 30 heavy (non-hydrogen) atoms. The topological polar surface area (TPSA) is 91.9 Å². The van der Waals surface area contributed by atoms with Gasteiger partial charge in [0.15, 0.2) is 18.1 Å². The molecule has 154 valence electrons. The lowest BCUT2D eigenvalue weighted by Crippen LogP contribution is -2.19. The summed E-state index contributed by atoms with van der Waals surface area (Å²) in [4.78, 5) is 25.5. The van der Waals surface area contributed by atoms with Crippen LogP contribution in [-0.2, 0) is 16.1 Å². The largest absolute Gasteiger partial charge is 0.453 e. The van der Waals surface area contributed by atoms with Crippen LogP contribution >= 0.6 is 0 Å². The number of hydrogen-bond acceptors (Lipinski definition) is 6. The summed E-state index contributed by atoms with van der Waals surface area (Å²) in [6.45, 7) is 9.40. The molecule has 0 atom stereocenters. The van der Waals surface area contributed by atoms with E-state index in [2.05, 4.69) is 22.1 Å². The predicted octanol–water partition coefficient (Wildman–Crippen LogP) is 3.01. The molecule has 3 rings (SSSR count). The molecule has 0 aliphatic rings. The van der Waals surface area contributed by atoms with Crippen LogP contribution in [0.2, 0.25) is 0 Å². The summed E-state index contributed by atoms with van der Waals surface area (Å²) in [6, 6.07) is 11.0. The summed E-state index contributed by atoms with van der Waals surface area (Å²) in [5.41, 5.74) is 3.17. The number of aromatic nitrogens is 5. The van der Waals surface area contributed by atoms with Crippen molar-refractivity contribution < 1.29 is 14.3 Å². The van der Waals surface area contributed by atoms with Gasteiger partial charge in [0.1, 0.15) is 0 Å². The van der Waals surface area contributed by atoms with Gasteiger partial charge < -0.3 is 9.30 Å². The quantitative estimate of drug-likeness (QED) is 0.248. The number of tetrazole rings is 1. The summed E-state index contributed by atoms with van der Waals surface area (Å²) < 4.78 is 8.60.